The van der Waals surface area contributed by atoms with Crippen LogP contribution in [0.5, 0.6) is 0 Å². The van der Waals surface area contributed by atoms with E-state index in [0.717, 1.165) is 6.42 Å². The molecular formula is C28H29Cl3SiTi. The number of allylic oxidation sites excluding steroid dienone is 4. The monoisotopic (exact) mass is 546 g/mol. The van der Waals surface area contributed by atoms with Gasteiger partial charge >= 0.3 is 195 Å². The van der Waals surface area contributed by atoms with Crippen molar-refractivity contribution in [1.29, 1.82) is 0 Å². The Bertz CT molecular complexity index is 1040. The summed E-state index contributed by atoms with van der Waals surface area (Å²) < 4.78 is 0.118. The molecule has 0 aliphatic heterocycles. The fourth-order valence-corrected chi connectivity index (χ4v) is 9.91. The number of benzene rings is 3. The van der Waals surface area contributed by atoms with E-state index < -0.39 is 8.80 Å². The van der Waals surface area contributed by atoms with E-state index >= 15 is 0 Å². The summed E-state index contributed by atoms with van der Waals surface area (Å²) in [5, 5.41) is 3.08. The number of hydrogen-bond acceptors (Lipinski definition) is 0. The van der Waals surface area contributed by atoms with Gasteiger partial charge in [-0.3, -0.25) is 0 Å². The summed E-state index contributed by atoms with van der Waals surface area (Å²) in [6.07, 6.45) is 1.04. The standard InChI is InChI=1S/C28H29Si.3ClH.Ti/c1-21-22(2)27(19-24-13-7-4-8-14-24)28(23(21)3)20-29(25-15-9-5-10-16-25)26-17-11-6-12-18-26;;;;/h4-18,29H,19-20H2,1-3H3;3*1H;/q;;;;+3/p-3. The zero-order valence-corrected chi connectivity index (χ0v) is 24.3. The quantitative estimate of drug-likeness (QED) is 0.283. The van der Waals surface area contributed by atoms with Crippen LogP contribution in [0.25, 0.3) is 0 Å². The second-order valence-electron chi connectivity index (χ2n) is 8.50. The van der Waals surface area contributed by atoms with Gasteiger partial charge in [0, 0.05) is 0 Å². The Morgan fingerprint density at radius 3 is 1.52 bits per heavy atom. The summed E-state index contributed by atoms with van der Waals surface area (Å²) in [4.78, 5) is 0. The van der Waals surface area contributed by atoms with Crippen molar-refractivity contribution in [1.82, 2.24) is 0 Å². The van der Waals surface area contributed by atoms with Crippen molar-refractivity contribution in [2.75, 3.05) is 0 Å². The van der Waals surface area contributed by atoms with Gasteiger partial charge in [-0.25, -0.2) is 0 Å². The van der Waals surface area contributed by atoms with Crippen molar-refractivity contribution in [2.45, 2.75) is 37.0 Å². The predicted octanol–water partition coefficient (Wildman–Crippen LogP) is -3.35. The minimum absolute atomic E-state index is 0. The molecule has 0 nitrogen and oxygen atoms in total. The molecule has 4 rings (SSSR count). The van der Waals surface area contributed by atoms with Crippen molar-refractivity contribution in [3.05, 3.63) is 119 Å². The van der Waals surface area contributed by atoms with Crippen LogP contribution >= 0.6 is 0 Å². The third-order valence-electron chi connectivity index (χ3n) is 6.87. The van der Waals surface area contributed by atoms with Crippen LogP contribution in [-0.4, -0.2) is 8.80 Å². The zero-order chi connectivity index (χ0) is 21.1. The molecule has 1 unspecified atom stereocenters. The van der Waals surface area contributed by atoms with Gasteiger partial charge in [0.05, 0.1) is 0 Å². The van der Waals surface area contributed by atoms with E-state index in [9.17, 15) is 0 Å². The fourth-order valence-electron chi connectivity index (χ4n) is 4.84. The second-order valence-corrected chi connectivity index (χ2v) is 12.7. The first-order valence-corrected chi connectivity index (χ1v) is 13.5. The van der Waals surface area contributed by atoms with E-state index in [2.05, 4.69) is 132 Å². The zero-order valence-electron chi connectivity index (χ0n) is 19.3. The Morgan fingerprint density at radius 1 is 0.636 bits per heavy atom. The van der Waals surface area contributed by atoms with E-state index in [0.29, 0.717) is 0 Å². The Morgan fingerprint density at radius 2 is 1.06 bits per heavy atom. The van der Waals surface area contributed by atoms with Gasteiger partial charge in [-0.15, -0.1) is 0 Å². The smallest absolute Gasteiger partial charge is 1.00 e. The Hall–Kier alpha value is -1.06. The van der Waals surface area contributed by atoms with Crippen LogP contribution in [-0.2, 0) is 26.9 Å². The maximum absolute atomic E-state index is 2.51. The molecule has 33 heavy (non-hydrogen) atoms. The van der Waals surface area contributed by atoms with Gasteiger partial charge in [0.15, 0.2) is 0 Å². The molecule has 3 aromatic carbocycles. The molecule has 3 aromatic rings. The summed E-state index contributed by atoms with van der Waals surface area (Å²) >= 11 is 2.51. The van der Waals surface area contributed by atoms with Gasteiger partial charge in [-0.2, -0.15) is 0 Å². The molecule has 0 bridgehead atoms. The maximum atomic E-state index is 2.51. The molecule has 0 heterocycles. The van der Waals surface area contributed by atoms with Crippen molar-refractivity contribution in [3.63, 3.8) is 0 Å². The largest absolute Gasteiger partial charge is 1.00 e. The molecule has 5 heteroatoms. The SMILES string of the molecule is CC1=C(C)[C]([Ti+3])(C[SiH](c2ccccc2)c2ccccc2)C(Cc2ccccc2)=C1C.[Cl-].[Cl-].[Cl-]. The molecule has 170 valence electrons. The van der Waals surface area contributed by atoms with Crippen LogP contribution in [0, 0.1) is 0 Å². The summed E-state index contributed by atoms with van der Waals surface area (Å²) in [5.41, 5.74) is 7.60. The summed E-state index contributed by atoms with van der Waals surface area (Å²) in [6.45, 7) is 7.03. The number of halogens is 3. The molecule has 1 atom stereocenters. The van der Waals surface area contributed by atoms with Crippen LogP contribution in [0.4, 0.5) is 0 Å². The van der Waals surface area contributed by atoms with Crippen molar-refractivity contribution >= 4 is 19.2 Å². The molecule has 0 radical (unpaired) electrons. The average molecular weight is 548 g/mol. The maximum Gasteiger partial charge on any atom is -1.00 e. The first-order chi connectivity index (χ1) is 14.5. The van der Waals surface area contributed by atoms with Crippen molar-refractivity contribution in [2.24, 2.45) is 0 Å². The van der Waals surface area contributed by atoms with Crippen LogP contribution in [0.1, 0.15) is 26.3 Å². The van der Waals surface area contributed by atoms with Gasteiger partial charge < -0.3 is 37.2 Å². The molecular weight excluding hydrogens is 519 g/mol. The van der Waals surface area contributed by atoms with Gasteiger partial charge in [-0.1, -0.05) is 0 Å². The predicted molar refractivity (Wildman–Crippen MR) is 128 cm³/mol. The van der Waals surface area contributed by atoms with Crippen molar-refractivity contribution in [3.8, 4) is 0 Å². The molecule has 0 fully saturated rings. The number of hydrogen-bond donors (Lipinski definition) is 0. The van der Waals surface area contributed by atoms with Crippen LogP contribution in [0.15, 0.2) is 113 Å². The fraction of sp³-hybridized carbons (Fsp3) is 0.214. The minimum atomic E-state index is -1.38. The van der Waals surface area contributed by atoms with Crippen molar-refractivity contribution < 1.29 is 57.7 Å². The minimum Gasteiger partial charge on any atom is -1.00 e. The molecule has 1 aliphatic rings. The number of rotatable bonds is 6. The van der Waals surface area contributed by atoms with Gasteiger partial charge in [0.2, 0.25) is 0 Å². The Kier molecular flexibility index (Phi) is 11.9. The third kappa shape index (κ3) is 6.34. The van der Waals surface area contributed by atoms with Crippen LogP contribution in [0.2, 0.25) is 9.76 Å². The summed E-state index contributed by atoms with van der Waals surface area (Å²) in [7, 11) is -1.38. The molecule has 0 saturated heterocycles. The molecule has 0 spiro atoms. The topological polar surface area (TPSA) is 0 Å². The summed E-state index contributed by atoms with van der Waals surface area (Å²) in [6, 6.07) is 34.7. The molecule has 0 amide bonds. The molecule has 0 N–H and O–H groups in total. The third-order valence-corrected chi connectivity index (χ3v) is 12.3. The van der Waals surface area contributed by atoms with E-state index in [-0.39, 0.29) is 40.9 Å². The molecule has 1 aliphatic carbocycles. The van der Waals surface area contributed by atoms with E-state index in [1.165, 1.54) is 22.8 Å². The average Bonchev–Trinajstić information content (AvgIpc) is 2.95. The Labute approximate surface area is 231 Å². The van der Waals surface area contributed by atoms with Gasteiger partial charge in [-0.05, 0) is 0 Å². The first kappa shape index (κ1) is 30.0. The van der Waals surface area contributed by atoms with E-state index in [4.69, 9.17) is 0 Å². The van der Waals surface area contributed by atoms with E-state index in [1.807, 2.05) is 0 Å². The first-order valence-electron chi connectivity index (χ1n) is 10.8. The molecule has 0 saturated carbocycles. The normalized spacial score (nSPS) is 17.4. The summed E-state index contributed by atoms with van der Waals surface area (Å²) in [5.74, 6) is 0. The second kappa shape index (κ2) is 13.1. The van der Waals surface area contributed by atoms with E-state index in [1.54, 1.807) is 21.5 Å². The van der Waals surface area contributed by atoms with Crippen LogP contribution in [0.3, 0.4) is 0 Å². The Balaban J connectivity index is 0.00000181. The van der Waals surface area contributed by atoms with Crippen LogP contribution < -0.4 is 47.6 Å². The van der Waals surface area contributed by atoms with Gasteiger partial charge in [0.25, 0.3) is 0 Å². The van der Waals surface area contributed by atoms with Gasteiger partial charge in [0.1, 0.15) is 0 Å². The molecule has 0 aromatic heterocycles.